The number of sulfonamides is 1. The van der Waals surface area contributed by atoms with E-state index in [1.807, 2.05) is 19.2 Å². The van der Waals surface area contributed by atoms with Gasteiger partial charge in [0.05, 0.1) is 16.3 Å². The number of anilines is 1. The molecule has 0 fully saturated rings. The molecule has 21 heavy (non-hydrogen) atoms. The van der Waals surface area contributed by atoms with Crippen LogP contribution in [0.15, 0.2) is 47.5 Å². The minimum absolute atomic E-state index is 0.249. The molecule has 0 unspecified atom stereocenters. The number of likely N-dealkylation sites (N-methyl/N-ethyl adjacent to an activating group) is 1. The highest BCUT2D eigenvalue weighted by molar-refractivity contribution is 7.92. The maximum Gasteiger partial charge on any atom is 0.261 e. The van der Waals surface area contributed by atoms with Gasteiger partial charge in [0.1, 0.15) is 0 Å². The Labute approximate surface area is 125 Å². The van der Waals surface area contributed by atoms with Crippen molar-refractivity contribution in [2.45, 2.75) is 18.2 Å². The van der Waals surface area contributed by atoms with Crippen molar-refractivity contribution >= 4 is 15.7 Å². The average Bonchev–Trinajstić information content (AvgIpc) is 2.48. The Kier molecular flexibility index (Phi) is 4.93. The Bertz CT molecular complexity index is 697. The first kappa shape index (κ1) is 15.5. The first-order valence-corrected chi connectivity index (χ1v) is 8.19. The molecule has 0 saturated heterocycles. The van der Waals surface area contributed by atoms with Crippen LogP contribution in [-0.2, 0) is 16.4 Å². The molecule has 0 aliphatic heterocycles. The number of hydrogen-bond donors (Lipinski definition) is 2. The van der Waals surface area contributed by atoms with Gasteiger partial charge in [0.15, 0.2) is 0 Å². The number of rotatable bonds is 6. The molecule has 1 heterocycles. The van der Waals surface area contributed by atoms with Gasteiger partial charge < -0.3 is 5.32 Å². The van der Waals surface area contributed by atoms with E-state index < -0.39 is 10.0 Å². The van der Waals surface area contributed by atoms with Crippen LogP contribution in [0.3, 0.4) is 0 Å². The SMILES string of the molecule is CNCCc1ccc(S(=O)(=O)Nc2cccnc2C)cc1. The molecule has 0 atom stereocenters. The minimum atomic E-state index is -3.58. The quantitative estimate of drug-likeness (QED) is 0.856. The molecule has 2 N–H and O–H groups in total. The van der Waals surface area contributed by atoms with Crippen molar-refractivity contribution in [3.05, 3.63) is 53.9 Å². The largest absolute Gasteiger partial charge is 0.319 e. The number of nitrogens with zero attached hydrogens (tertiary/aromatic N) is 1. The molecular formula is C15H19N3O2S. The lowest BCUT2D eigenvalue weighted by atomic mass is 10.1. The van der Waals surface area contributed by atoms with Crippen molar-refractivity contribution in [2.75, 3.05) is 18.3 Å². The molecule has 1 aromatic carbocycles. The van der Waals surface area contributed by atoms with Crippen LogP contribution in [0, 0.1) is 6.92 Å². The van der Waals surface area contributed by atoms with E-state index in [1.54, 1.807) is 37.4 Å². The molecule has 0 bridgehead atoms. The summed E-state index contributed by atoms with van der Waals surface area (Å²) < 4.78 is 27.2. The minimum Gasteiger partial charge on any atom is -0.319 e. The lowest BCUT2D eigenvalue weighted by Gasteiger charge is -2.10. The first-order chi connectivity index (χ1) is 10.0. The molecule has 5 nitrogen and oxygen atoms in total. The van der Waals surface area contributed by atoms with Gasteiger partial charge in [-0.15, -0.1) is 0 Å². The van der Waals surface area contributed by atoms with Crippen molar-refractivity contribution in [1.82, 2.24) is 10.3 Å². The molecular weight excluding hydrogens is 286 g/mol. The van der Waals surface area contributed by atoms with Crippen molar-refractivity contribution in [3.8, 4) is 0 Å². The first-order valence-electron chi connectivity index (χ1n) is 6.71. The summed E-state index contributed by atoms with van der Waals surface area (Å²) in [7, 11) is -1.69. The third-order valence-corrected chi connectivity index (χ3v) is 4.53. The van der Waals surface area contributed by atoms with E-state index in [2.05, 4.69) is 15.0 Å². The normalized spacial score (nSPS) is 11.3. The van der Waals surface area contributed by atoms with Crippen molar-refractivity contribution in [1.29, 1.82) is 0 Å². The van der Waals surface area contributed by atoms with Gasteiger partial charge in [0, 0.05) is 6.20 Å². The van der Waals surface area contributed by atoms with Crippen LogP contribution in [0.25, 0.3) is 0 Å². The summed E-state index contributed by atoms with van der Waals surface area (Å²) in [6.45, 7) is 2.62. The number of nitrogens with one attached hydrogen (secondary N) is 2. The second kappa shape index (κ2) is 6.69. The molecule has 2 aromatic rings. The van der Waals surface area contributed by atoms with Crippen molar-refractivity contribution < 1.29 is 8.42 Å². The fourth-order valence-corrected chi connectivity index (χ4v) is 3.02. The Morgan fingerprint density at radius 1 is 1.14 bits per heavy atom. The van der Waals surface area contributed by atoms with Gasteiger partial charge in [-0.1, -0.05) is 12.1 Å². The number of hydrogen-bond acceptors (Lipinski definition) is 4. The summed E-state index contributed by atoms with van der Waals surface area (Å²) in [4.78, 5) is 4.32. The predicted octanol–water partition coefficient (Wildman–Crippen LogP) is 1.95. The van der Waals surface area contributed by atoms with Crippen molar-refractivity contribution in [3.63, 3.8) is 0 Å². The van der Waals surface area contributed by atoms with Crippen LogP contribution in [0.5, 0.6) is 0 Å². The highest BCUT2D eigenvalue weighted by Gasteiger charge is 2.15. The summed E-state index contributed by atoms with van der Waals surface area (Å²) in [5.74, 6) is 0. The van der Waals surface area contributed by atoms with Gasteiger partial charge >= 0.3 is 0 Å². The average molecular weight is 305 g/mol. The fourth-order valence-electron chi connectivity index (χ4n) is 1.90. The van der Waals surface area contributed by atoms with E-state index in [0.717, 1.165) is 18.5 Å². The van der Waals surface area contributed by atoms with Crippen LogP contribution in [0.1, 0.15) is 11.3 Å². The molecule has 0 radical (unpaired) electrons. The van der Waals surface area contributed by atoms with Crippen LogP contribution in [-0.4, -0.2) is 27.0 Å². The summed E-state index contributed by atoms with van der Waals surface area (Å²) in [6.07, 6.45) is 2.50. The maximum absolute atomic E-state index is 12.3. The second-order valence-corrected chi connectivity index (χ2v) is 6.42. The summed E-state index contributed by atoms with van der Waals surface area (Å²) >= 11 is 0. The van der Waals surface area contributed by atoms with Crippen LogP contribution < -0.4 is 10.0 Å². The zero-order chi connectivity index (χ0) is 15.3. The van der Waals surface area contributed by atoms with E-state index in [4.69, 9.17) is 0 Å². The molecule has 0 aliphatic rings. The molecule has 0 aliphatic carbocycles. The lowest BCUT2D eigenvalue weighted by molar-refractivity contribution is 0.601. The van der Waals surface area contributed by atoms with Gasteiger partial charge in [-0.25, -0.2) is 8.42 Å². The molecule has 2 rings (SSSR count). The maximum atomic E-state index is 12.3. The van der Waals surface area contributed by atoms with Crippen LogP contribution in [0.4, 0.5) is 5.69 Å². The highest BCUT2D eigenvalue weighted by Crippen LogP contribution is 2.18. The van der Waals surface area contributed by atoms with E-state index in [9.17, 15) is 8.42 Å². The number of benzene rings is 1. The van der Waals surface area contributed by atoms with E-state index in [-0.39, 0.29) is 4.90 Å². The van der Waals surface area contributed by atoms with Gasteiger partial charge in [-0.3, -0.25) is 9.71 Å². The number of aryl methyl sites for hydroxylation is 1. The fraction of sp³-hybridized carbons (Fsp3) is 0.267. The third-order valence-electron chi connectivity index (χ3n) is 3.15. The molecule has 0 spiro atoms. The molecule has 6 heteroatoms. The predicted molar refractivity (Wildman–Crippen MR) is 83.9 cm³/mol. The van der Waals surface area contributed by atoms with Gasteiger partial charge in [-0.05, 0) is 56.8 Å². The molecule has 0 amide bonds. The Balaban J connectivity index is 2.18. The van der Waals surface area contributed by atoms with Crippen LogP contribution >= 0.6 is 0 Å². The van der Waals surface area contributed by atoms with Crippen molar-refractivity contribution in [2.24, 2.45) is 0 Å². The molecule has 112 valence electrons. The van der Waals surface area contributed by atoms with Crippen LogP contribution in [0.2, 0.25) is 0 Å². The zero-order valence-electron chi connectivity index (χ0n) is 12.1. The van der Waals surface area contributed by atoms with E-state index >= 15 is 0 Å². The number of aromatic nitrogens is 1. The Hall–Kier alpha value is -1.92. The molecule has 0 saturated carbocycles. The Morgan fingerprint density at radius 2 is 1.86 bits per heavy atom. The van der Waals surface area contributed by atoms with E-state index in [0.29, 0.717) is 11.4 Å². The number of pyridine rings is 1. The monoisotopic (exact) mass is 305 g/mol. The topological polar surface area (TPSA) is 71.1 Å². The smallest absolute Gasteiger partial charge is 0.261 e. The second-order valence-electron chi connectivity index (χ2n) is 4.74. The lowest BCUT2D eigenvalue weighted by Crippen LogP contribution is -2.14. The van der Waals surface area contributed by atoms with E-state index in [1.165, 1.54) is 0 Å². The van der Waals surface area contributed by atoms with Gasteiger partial charge in [0.2, 0.25) is 0 Å². The highest BCUT2D eigenvalue weighted by atomic mass is 32.2. The van der Waals surface area contributed by atoms with Gasteiger partial charge in [-0.2, -0.15) is 0 Å². The standard InChI is InChI=1S/C15H19N3O2S/c1-12-15(4-3-10-17-12)18-21(19,20)14-7-5-13(6-8-14)9-11-16-2/h3-8,10,16,18H,9,11H2,1-2H3. The summed E-state index contributed by atoms with van der Waals surface area (Å²) in [5, 5.41) is 3.06. The van der Waals surface area contributed by atoms with Gasteiger partial charge in [0.25, 0.3) is 10.0 Å². The zero-order valence-corrected chi connectivity index (χ0v) is 12.9. The summed E-state index contributed by atoms with van der Waals surface area (Å²) in [5.41, 5.74) is 2.24. The molecule has 1 aromatic heterocycles. The third kappa shape index (κ3) is 4.03. The Morgan fingerprint density at radius 3 is 2.48 bits per heavy atom. The summed E-state index contributed by atoms with van der Waals surface area (Å²) in [6, 6.07) is 10.3.